The number of hydrogen-bond acceptors (Lipinski definition) is 1. The monoisotopic (exact) mass is 243 g/mol. The zero-order valence-electron chi connectivity index (χ0n) is 7.21. The Balaban J connectivity index is 2.16. The quantitative estimate of drug-likeness (QED) is 0.734. The van der Waals surface area contributed by atoms with Crippen LogP contribution >= 0.6 is 15.9 Å². The molecule has 1 aliphatic heterocycles. The third kappa shape index (κ3) is 2.02. The lowest BCUT2D eigenvalue weighted by Crippen LogP contribution is -2.19. The minimum Gasteiger partial charge on any atom is -0.368 e. The first-order chi connectivity index (χ1) is 6.25. The first-order valence-corrected chi connectivity index (χ1v) is 5.19. The van der Waals surface area contributed by atoms with Crippen molar-refractivity contribution >= 4 is 21.6 Å². The van der Waals surface area contributed by atoms with Crippen molar-refractivity contribution in [2.45, 2.75) is 12.6 Å². The highest BCUT2D eigenvalue weighted by atomic mass is 79.9. The van der Waals surface area contributed by atoms with E-state index < -0.39 is 6.17 Å². The van der Waals surface area contributed by atoms with Crippen molar-refractivity contribution in [2.24, 2.45) is 0 Å². The molecule has 3 heteroatoms. The Morgan fingerprint density at radius 1 is 1.46 bits per heavy atom. The van der Waals surface area contributed by atoms with Gasteiger partial charge in [0.1, 0.15) is 6.17 Å². The average molecular weight is 244 g/mol. The molecule has 0 N–H and O–H groups in total. The Bertz CT molecular complexity index is 303. The molecule has 1 fully saturated rings. The number of rotatable bonds is 1. The van der Waals surface area contributed by atoms with E-state index in [2.05, 4.69) is 20.8 Å². The fourth-order valence-electron chi connectivity index (χ4n) is 1.62. The fraction of sp³-hybridized carbons (Fsp3) is 0.400. The molecular formula is C10H11BrFN. The lowest BCUT2D eigenvalue weighted by molar-refractivity contribution is 0.364. The minimum atomic E-state index is -0.654. The zero-order valence-corrected chi connectivity index (χ0v) is 8.80. The Kier molecular flexibility index (Phi) is 2.54. The number of hydrogen-bond donors (Lipinski definition) is 0. The van der Waals surface area contributed by atoms with Gasteiger partial charge in [-0.25, -0.2) is 4.39 Å². The Morgan fingerprint density at radius 2 is 2.31 bits per heavy atom. The van der Waals surface area contributed by atoms with Crippen LogP contribution in [0.25, 0.3) is 0 Å². The smallest absolute Gasteiger partial charge is 0.119 e. The summed E-state index contributed by atoms with van der Waals surface area (Å²) in [6, 6.07) is 8.00. The number of halogens is 2. The standard InChI is InChI=1S/C10H11BrFN/c11-8-2-1-3-10(6-8)13-5-4-9(12)7-13/h1-3,6,9H,4-5,7H2. The van der Waals surface area contributed by atoms with Crippen molar-refractivity contribution in [1.29, 1.82) is 0 Å². The average Bonchev–Trinajstić information content (AvgIpc) is 2.52. The largest absolute Gasteiger partial charge is 0.368 e. The molecule has 0 aromatic heterocycles. The molecule has 1 aliphatic rings. The van der Waals surface area contributed by atoms with Crippen LogP contribution in [0.1, 0.15) is 6.42 Å². The van der Waals surface area contributed by atoms with E-state index in [0.29, 0.717) is 13.0 Å². The van der Waals surface area contributed by atoms with Gasteiger partial charge in [0.2, 0.25) is 0 Å². The van der Waals surface area contributed by atoms with E-state index in [9.17, 15) is 4.39 Å². The molecule has 1 nitrogen and oxygen atoms in total. The van der Waals surface area contributed by atoms with Gasteiger partial charge in [-0.1, -0.05) is 22.0 Å². The van der Waals surface area contributed by atoms with E-state index in [-0.39, 0.29) is 0 Å². The zero-order chi connectivity index (χ0) is 9.26. The van der Waals surface area contributed by atoms with Crippen molar-refractivity contribution in [2.75, 3.05) is 18.0 Å². The van der Waals surface area contributed by atoms with Gasteiger partial charge in [0.05, 0.1) is 0 Å². The Morgan fingerprint density at radius 3 is 2.92 bits per heavy atom. The molecule has 1 unspecified atom stereocenters. The first-order valence-electron chi connectivity index (χ1n) is 4.40. The predicted molar refractivity (Wildman–Crippen MR) is 55.9 cm³/mol. The molecule has 1 heterocycles. The van der Waals surface area contributed by atoms with E-state index in [0.717, 1.165) is 16.7 Å². The van der Waals surface area contributed by atoms with Gasteiger partial charge in [0.15, 0.2) is 0 Å². The highest BCUT2D eigenvalue weighted by Gasteiger charge is 2.21. The number of anilines is 1. The number of benzene rings is 1. The van der Waals surface area contributed by atoms with Crippen LogP contribution in [0, 0.1) is 0 Å². The maximum atomic E-state index is 12.9. The van der Waals surface area contributed by atoms with Gasteiger partial charge in [0, 0.05) is 23.2 Å². The second-order valence-electron chi connectivity index (χ2n) is 3.31. The molecule has 0 bridgehead atoms. The second-order valence-corrected chi connectivity index (χ2v) is 4.23. The van der Waals surface area contributed by atoms with Crippen LogP contribution in [0.5, 0.6) is 0 Å². The van der Waals surface area contributed by atoms with Crippen molar-refractivity contribution in [3.8, 4) is 0 Å². The number of nitrogens with zero attached hydrogens (tertiary/aromatic N) is 1. The van der Waals surface area contributed by atoms with Gasteiger partial charge in [-0.15, -0.1) is 0 Å². The molecule has 2 rings (SSSR count). The van der Waals surface area contributed by atoms with Crippen molar-refractivity contribution < 1.29 is 4.39 Å². The van der Waals surface area contributed by atoms with Gasteiger partial charge in [0.25, 0.3) is 0 Å². The molecule has 1 atom stereocenters. The molecule has 0 radical (unpaired) electrons. The number of alkyl halides is 1. The van der Waals surface area contributed by atoms with Crippen molar-refractivity contribution in [3.05, 3.63) is 28.7 Å². The summed E-state index contributed by atoms with van der Waals surface area (Å²) in [5.41, 5.74) is 1.11. The Labute approximate surface area is 85.7 Å². The van der Waals surface area contributed by atoms with Crippen LogP contribution in [0.3, 0.4) is 0 Å². The van der Waals surface area contributed by atoms with Crippen LogP contribution in [0.4, 0.5) is 10.1 Å². The summed E-state index contributed by atoms with van der Waals surface area (Å²) in [7, 11) is 0. The van der Waals surface area contributed by atoms with E-state index in [4.69, 9.17) is 0 Å². The molecule has 0 amide bonds. The molecule has 13 heavy (non-hydrogen) atoms. The minimum absolute atomic E-state index is 0.538. The molecule has 0 spiro atoms. The third-order valence-corrected chi connectivity index (χ3v) is 2.80. The molecular weight excluding hydrogens is 233 g/mol. The third-order valence-electron chi connectivity index (χ3n) is 2.30. The van der Waals surface area contributed by atoms with Gasteiger partial charge < -0.3 is 4.90 Å². The molecule has 0 saturated carbocycles. The topological polar surface area (TPSA) is 3.24 Å². The molecule has 0 aliphatic carbocycles. The summed E-state index contributed by atoms with van der Waals surface area (Å²) in [4.78, 5) is 2.08. The maximum Gasteiger partial charge on any atom is 0.119 e. The highest BCUT2D eigenvalue weighted by molar-refractivity contribution is 9.10. The van der Waals surface area contributed by atoms with E-state index in [1.165, 1.54) is 0 Å². The second kappa shape index (κ2) is 3.66. The summed E-state index contributed by atoms with van der Waals surface area (Å²) < 4.78 is 14.0. The van der Waals surface area contributed by atoms with E-state index in [1.807, 2.05) is 24.3 Å². The van der Waals surface area contributed by atoms with Crippen molar-refractivity contribution in [3.63, 3.8) is 0 Å². The molecule has 1 aromatic rings. The van der Waals surface area contributed by atoms with E-state index in [1.54, 1.807) is 0 Å². The van der Waals surface area contributed by atoms with Crippen LogP contribution in [-0.4, -0.2) is 19.3 Å². The van der Waals surface area contributed by atoms with Crippen LogP contribution in [-0.2, 0) is 0 Å². The highest BCUT2D eigenvalue weighted by Crippen LogP contribution is 2.24. The summed E-state index contributed by atoms with van der Waals surface area (Å²) >= 11 is 3.40. The van der Waals surface area contributed by atoms with Crippen LogP contribution < -0.4 is 4.90 Å². The summed E-state index contributed by atoms with van der Waals surface area (Å²) in [6.07, 6.45) is 0.00552. The van der Waals surface area contributed by atoms with Gasteiger partial charge in [-0.2, -0.15) is 0 Å². The predicted octanol–water partition coefficient (Wildman–Crippen LogP) is 3.00. The lowest BCUT2D eigenvalue weighted by atomic mass is 10.3. The van der Waals surface area contributed by atoms with Gasteiger partial charge >= 0.3 is 0 Å². The van der Waals surface area contributed by atoms with Crippen molar-refractivity contribution in [1.82, 2.24) is 0 Å². The van der Waals surface area contributed by atoms with Gasteiger partial charge in [-0.05, 0) is 24.6 Å². The van der Waals surface area contributed by atoms with Crippen LogP contribution in [0.15, 0.2) is 28.7 Å². The van der Waals surface area contributed by atoms with E-state index >= 15 is 0 Å². The molecule has 1 aromatic carbocycles. The molecule has 1 saturated heterocycles. The first kappa shape index (κ1) is 9.00. The molecule has 70 valence electrons. The van der Waals surface area contributed by atoms with Gasteiger partial charge in [-0.3, -0.25) is 0 Å². The summed E-state index contributed by atoms with van der Waals surface area (Å²) in [5, 5.41) is 0. The Hall–Kier alpha value is -0.570. The lowest BCUT2D eigenvalue weighted by Gasteiger charge is -2.17. The maximum absolute atomic E-state index is 12.9. The SMILES string of the molecule is FC1CCN(c2cccc(Br)c2)C1. The summed E-state index contributed by atoms with van der Waals surface area (Å²) in [6.45, 7) is 1.37. The van der Waals surface area contributed by atoms with Crippen LogP contribution in [0.2, 0.25) is 0 Å². The normalized spacial score (nSPS) is 22.3. The fourth-order valence-corrected chi connectivity index (χ4v) is 2.01. The summed E-state index contributed by atoms with van der Waals surface area (Å²) in [5.74, 6) is 0.